The van der Waals surface area contributed by atoms with Gasteiger partial charge in [-0.1, -0.05) is 48.5 Å². The Morgan fingerprint density at radius 2 is 1.43 bits per heavy atom. The Labute approximate surface area is 121 Å². The van der Waals surface area contributed by atoms with Gasteiger partial charge < -0.3 is 5.11 Å². The zero-order valence-corrected chi connectivity index (χ0v) is 11.3. The van der Waals surface area contributed by atoms with E-state index in [1.807, 2.05) is 36.4 Å². The van der Waals surface area contributed by atoms with Crippen molar-refractivity contribution in [2.24, 2.45) is 0 Å². The zero-order valence-electron chi connectivity index (χ0n) is 11.3. The Hall–Kier alpha value is -2.26. The molecule has 0 aliphatic heterocycles. The van der Waals surface area contributed by atoms with Crippen molar-refractivity contribution in [3.05, 3.63) is 83.4 Å². The molecule has 3 rings (SSSR count). The second-order valence-electron chi connectivity index (χ2n) is 4.99. The van der Waals surface area contributed by atoms with Gasteiger partial charge in [-0.25, -0.2) is 8.78 Å². The predicted octanol–water partition coefficient (Wildman–Crippen LogP) is 4.39. The van der Waals surface area contributed by atoms with E-state index in [0.29, 0.717) is 5.56 Å². The lowest BCUT2D eigenvalue weighted by atomic mass is 9.96. The quantitative estimate of drug-likeness (QED) is 0.756. The lowest BCUT2D eigenvalue weighted by Crippen LogP contribution is -2.06. The van der Waals surface area contributed by atoms with Gasteiger partial charge in [0.05, 0.1) is 6.10 Å². The number of halogens is 2. The summed E-state index contributed by atoms with van der Waals surface area (Å²) in [5.74, 6) is -1.26. The molecule has 106 valence electrons. The molecular weight excluding hydrogens is 270 g/mol. The Kier molecular flexibility index (Phi) is 3.67. The fourth-order valence-electron chi connectivity index (χ4n) is 2.57. The summed E-state index contributed by atoms with van der Waals surface area (Å²) in [4.78, 5) is 0. The van der Waals surface area contributed by atoms with Gasteiger partial charge in [-0.3, -0.25) is 0 Å². The Bertz CT molecular complexity index is 758. The molecule has 1 nitrogen and oxygen atoms in total. The smallest absolute Gasteiger partial charge is 0.129 e. The first-order chi connectivity index (χ1) is 10.2. The van der Waals surface area contributed by atoms with Crippen molar-refractivity contribution in [2.45, 2.75) is 12.5 Å². The van der Waals surface area contributed by atoms with Crippen LogP contribution in [-0.4, -0.2) is 5.11 Å². The molecule has 0 aliphatic carbocycles. The molecule has 1 unspecified atom stereocenters. The molecule has 0 amide bonds. The summed E-state index contributed by atoms with van der Waals surface area (Å²) < 4.78 is 27.4. The van der Waals surface area contributed by atoms with Crippen molar-refractivity contribution in [3.8, 4) is 0 Å². The normalized spacial score (nSPS) is 12.5. The second kappa shape index (κ2) is 5.62. The van der Waals surface area contributed by atoms with E-state index in [-0.39, 0.29) is 12.0 Å². The minimum atomic E-state index is -0.956. The monoisotopic (exact) mass is 284 g/mol. The van der Waals surface area contributed by atoms with Crippen molar-refractivity contribution in [3.63, 3.8) is 0 Å². The van der Waals surface area contributed by atoms with Gasteiger partial charge in [0.15, 0.2) is 0 Å². The van der Waals surface area contributed by atoms with E-state index >= 15 is 0 Å². The van der Waals surface area contributed by atoms with Gasteiger partial charge in [-0.15, -0.1) is 0 Å². The third kappa shape index (κ3) is 2.65. The molecule has 3 heteroatoms. The Morgan fingerprint density at radius 1 is 0.810 bits per heavy atom. The van der Waals surface area contributed by atoms with Crippen LogP contribution in [0.15, 0.2) is 60.7 Å². The summed E-state index contributed by atoms with van der Waals surface area (Å²) >= 11 is 0. The van der Waals surface area contributed by atoms with Gasteiger partial charge in [0.1, 0.15) is 11.6 Å². The molecule has 0 fully saturated rings. The van der Waals surface area contributed by atoms with Crippen LogP contribution in [0.2, 0.25) is 0 Å². The van der Waals surface area contributed by atoms with Gasteiger partial charge in [-0.05, 0) is 28.5 Å². The van der Waals surface area contributed by atoms with Crippen molar-refractivity contribution in [2.75, 3.05) is 0 Å². The standard InChI is InChI=1S/C18H14F2O/c19-16-9-4-10-17(20)15(16)11-18(21)14-8-3-6-12-5-1-2-7-13(12)14/h1-10,18,21H,11H2. The number of fused-ring (bicyclic) bond motifs is 1. The topological polar surface area (TPSA) is 20.2 Å². The maximum absolute atomic E-state index is 13.7. The van der Waals surface area contributed by atoms with Crippen LogP contribution < -0.4 is 0 Å². The van der Waals surface area contributed by atoms with E-state index in [1.165, 1.54) is 18.2 Å². The molecule has 0 aliphatic rings. The third-order valence-corrected chi connectivity index (χ3v) is 3.64. The highest BCUT2D eigenvalue weighted by Crippen LogP contribution is 2.28. The first-order valence-electron chi connectivity index (χ1n) is 6.75. The van der Waals surface area contributed by atoms with Gasteiger partial charge in [0.2, 0.25) is 0 Å². The summed E-state index contributed by atoms with van der Waals surface area (Å²) in [7, 11) is 0. The molecule has 0 aromatic heterocycles. The van der Waals surface area contributed by atoms with Gasteiger partial charge in [-0.2, -0.15) is 0 Å². The summed E-state index contributed by atoms with van der Waals surface area (Å²) in [5.41, 5.74) is 0.591. The minimum absolute atomic E-state index is 0.0852. The molecule has 0 saturated heterocycles. The average Bonchev–Trinajstić information content (AvgIpc) is 2.50. The molecule has 1 atom stereocenters. The highest BCUT2D eigenvalue weighted by molar-refractivity contribution is 5.86. The van der Waals surface area contributed by atoms with E-state index in [9.17, 15) is 13.9 Å². The van der Waals surface area contributed by atoms with Crippen molar-refractivity contribution in [1.29, 1.82) is 0 Å². The van der Waals surface area contributed by atoms with Crippen molar-refractivity contribution in [1.82, 2.24) is 0 Å². The van der Waals surface area contributed by atoms with Gasteiger partial charge in [0, 0.05) is 12.0 Å². The number of hydrogen-bond donors (Lipinski definition) is 1. The van der Waals surface area contributed by atoms with Crippen LogP contribution >= 0.6 is 0 Å². The molecule has 3 aromatic carbocycles. The third-order valence-electron chi connectivity index (χ3n) is 3.64. The summed E-state index contributed by atoms with van der Waals surface area (Å²) in [6, 6.07) is 16.9. The molecule has 3 aromatic rings. The predicted molar refractivity (Wildman–Crippen MR) is 79.0 cm³/mol. The number of benzene rings is 3. The van der Waals surface area contributed by atoms with Crippen LogP contribution in [0.5, 0.6) is 0 Å². The lowest BCUT2D eigenvalue weighted by molar-refractivity contribution is 0.177. The number of aliphatic hydroxyl groups is 1. The molecule has 0 bridgehead atoms. The van der Waals surface area contributed by atoms with Crippen LogP contribution in [-0.2, 0) is 6.42 Å². The molecule has 0 saturated carbocycles. The highest BCUT2D eigenvalue weighted by Gasteiger charge is 2.16. The molecule has 21 heavy (non-hydrogen) atoms. The fraction of sp³-hybridized carbons (Fsp3) is 0.111. The number of aliphatic hydroxyl groups excluding tert-OH is 1. The van der Waals surface area contributed by atoms with Gasteiger partial charge in [0.25, 0.3) is 0 Å². The van der Waals surface area contributed by atoms with E-state index in [1.54, 1.807) is 6.07 Å². The van der Waals surface area contributed by atoms with Crippen molar-refractivity contribution >= 4 is 10.8 Å². The van der Waals surface area contributed by atoms with Gasteiger partial charge >= 0.3 is 0 Å². The first kappa shape index (κ1) is 13.7. The Morgan fingerprint density at radius 3 is 2.19 bits per heavy atom. The second-order valence-corrected chi connectivity index (χ2v) is 4.99. The summed E-state index contributed by atoms with van der Waals surface area (Å²) in [6.45, 7) is 0. The van der Waals surface area contributed by atoms with Crippen LogP contribution in [0.3, 0.4) is 0 Å². The maximum atomic E-state index is 13.7. The van der Waals surface area contributed by atoms with E-state index in [0.717, 1.165) is 10.8 Å². The largest absolute Gasteiger partial charge is 0.388 e. The molecule has 0 radical (unpaired) electrons. The van der Waals surface area contributed by atoms with Crippen LogP contribution in [0.4, 0.5) is 8.78 Å². The molecule has 1 N–H and O–H groups in total. The molecule has 0 spiro atoms. The molecule has 0 heterocycles. The zero-order chi connectivity index (χ0) is 14.8. The van der Waals surface area contributed by atoms with E-state index < -0.39 is 17.7 Å². The van der Waals surface area contributed by atoms with Crippen molar-refractivity contribution < 1.29 is 13.9 Å². The average molecular weight is 284 g/mol. The van der Waals surface area contributed by atoms with Crippen LogP contribution in [0.25, 0.3) is 10.8 Å². The number of hydrogen-bond acceptors (Lipinski definition) is 1. The minimum Gasteiger partial charge on any atom is -0.388 e. The van der Waals surface area contributed by atoms with Crippen LogP contribution in [0, 0.1) is 11.6 Å². The SMILES string of the molecule is OC(Cc1c(F)cccc1F)c1cccc2ccccc12. The lowest BCUT2D eigenvalue weighted by Gasteiger charge is -2.15. The summed E-state index contributed by atoms with van der Waals surface area (Å²) in [5, 5.41) is 12.3. The summed E-state index contributed by atoms with van der Waals surface area (Å²) in [6.07, 6.45) is -1.05. The highest BCUT2D eigenvalue weighted by atomic mass is 19.1. The van der Waals surface area contributed by atoms with E-state index in [4.69, 9.17) is 0 Å². The first-order valence-corrected chi connectivity index (χ1v) is 6.75. The number of rotatable bonds is 3. The van der Waals surface area contributed by atoms with Crippen LogP contribution in [0.1, 0.15) is 17.2 Å². The Balaban J connectivity index is 2.00. The van der Waals surface area contributed by atoms with E-state index in [2.05, 4.69) is 0 Å². The maximum Gasteiger partial charge on any atom is 0.129 e. The fourth-order valence-corrected chi connectivity index (χ4v) is 2.57. The molecular formula is C18H14F2O.